The van der Waals surface area contributed by atoms with Gasteiger partial charge in [0.25, 0.3) is 0 Å². The van der Waals surface area contributed by atoms with Crippen LogP contribution in [0.5, 0.6) is 0 Å². The lowest BCUT2D eigenvalue weighted by Gasteiger charge is -2.30. The van der Waals surface area contributed by atoms with E-state index in [2.05, 4.69) is 6.58 Å². The molecule has 13 heavy (non-hydrogen) atoms. The molecule has 3 saturated carbocycles. The molecule has 1 heteroatoms. The Kier molecular flexibility index (Phi) is 1.68. The molecule has 0 aromatic carbocycles. The summed E-state index contributed by atoms with van der Waals surface area (Å²) in [5.74, 6) is 3.98. The van der Waals surface area contributed by atoms with Crippen LogP contribution in [0.4, 0.5) is 0 Å². The molecule has 0 radical (unpaired) electrons. The van der Waals surface area contributed by atoms with Gasteiger partial charge in [0.1, 0.15) is 6.10 Å². The molecule has 3 rings (SSSR count). The molecule has 0 saturated heterocycles. The van der Waals surface area contributed by atoms with Gasteiger partial charge in [-0.05, 0) is 49.4 Å². The highest BCUT2D eigenvalue weighted by Gasteiger charge is 2.54. The summed E-state index contributed by atoms with van der Waals surface area (Å²) in [5, 5.41) is 0. The molecule has 5 unspecified atom stereocenters. The highest BCUT2D eigenvalue weighted by Crippen LogP contribution is 2.59. The van der Waals surface area contributed by atoms with Crippen LogP contribution in [0, 0.1) is 23.7 Å². The van der Waals surface area contributed by atoms with Gasteiger partial charge in [-0.1, -0.05) is 13.0 Å². The molecule has 72 valence electrons. The van der Waals surface area contributed by atoms with Crippen molar-refractivity contribution in [3.05, 3.63) is 12.8 Å². The van der Waals surface area contributed by atoms with E-state index < -0.39 is 0 Å². The number of hydrogen-bond acceptors (Lipinski definition) is 1. The first-order valence-corrected chi connectivity index (χ1v) is 5.66. The molecule has 0 aliphatic heterocycles. The lowest BCUT2D eigenvalue weighted by Crippen LogP contribution is -2.29. The van der Waals surface area contributed by atoms with Crippen LogP contribution in [-0.2, 0) is 4.74 Å². The molecule has 0 amide bonds. The number of hydrogen-bond donors (Lipinski definition) is 0. The molecule has 1 nitrogen and oxygen atoms in total. The molecular formula is C12H18O. The fourth-order valence-electron chi connectivity index (χ4n) is 4.29. The molecule has 2 bridgehead atoms. The zero-order valence-corrected chi connectivity index (χ0v) is 8.11. The van der Waals surface area contributed by atoms with Crippen molar-refractivity contribution in [1.82, 2.24) is 0 Å². The minimum atomic E-state index is 0.529. The van der Waals surface area contributed by atoms with E-state index in [9.17, 15) is 0 Å². The summed E-state index contributed by atoms with van der Waals surface area (Å²) < 4.78 is 5.61. The molecule has 5 atom stereocenters. The molecule has 0 N–H and O–H groups in total. The smallest absolute Gasteiger partial charge is 0.101 e. The zero-order chi connectivity index (χ0) is 8.84. The third-order valence-corrected chi connectivity index (χ3v) is 4.64. The average molecular weight is 178 g/mol. The van der Waals surface area contributed by atoms with Gasteiger partial charge in [-0.25, -0.2) is 0 Å². The highest BCUT2D eigenvalue weighted by atomic mass is 16.5. The van der Waals surface area contributed by atoms with Gasteiger partial charge in [-0.2, -0.15) is 0 Å². The van der Waals surface area contributed by atoms with Crippen LogP contribution < -0.4 is 0 Å². The van der Waals surface area contributed by atoms with Crippen molar-refractivity contribution in [2.75, 3.05) is 0 Å². The minimum absolute atomic E-state index is 0.529. The van der Waals surface area contributed by atoms with Crippen molar-refractivity contribution < 1.29 is 4.74 Å². The Labute approximate surface area is 80.2 Å². The number of rotatable bonds is 2. The van der Waals surface area contributed by atoms with Crippen molar-refractivity contribution in [2.24, 2.45) is 23.7 Å². The Morgan fingerprint density at radius 2 is 1.92 bits per heavy atom. The largest absolute Gasteiger partial charge is 0.498 e. The average Bonchev–Trinajstić information content (AvgIpc) is 2.72. The van der Waals surface area contributed by atoms with Gasteiger partial charge in [0.15, 0.2) is 0 Å². The molecule has 3 aliphatic carbocycles. The number of fused-ring (bicyclic) bond motifs is 5. The van der Waals surface area contributed by atoms with Crippen molar-refractivity contribution in [3.63, 3.8) is 0 Å². The summed E-state index contributed by atoms with van der Waals surface area (Å²) in [6, 6.07) is 0. The van der Waals surface area contributed by atoms with Crippen molar-refractivity contribution in [2.45, 2.75) is 38.2 Å². The Morgan fingerprint density at radius 3 is 2.77 bits per heavy atom. The Balaban J connectivity index is 1.77. The topological polar surface area (TPSA) is 9.23 Å². The molecular weight excluding hydrogens is 160 g/mol. The van der Waals surface area contributed by atoms with Crippen LogP contribution in [0.1, 0.15) is 32.1 Å². The van der Waals surface area contributed by atoms with E-state index in [0.717, 1.165) is 23.7 Å². The van der Waals surface area contributed by atoms with E-state index in [0.29, 0.717) is 6.10 Å². The van der Waals surface area contributed by atoms with Crippen LogP contribution in [-0.4, -0.2) is 6.10 Å². The second-order valence-corrected chi connectivity index (χ2v) is 5.00. The van der Waals surface area contributed by atoms with E-state index in [1.807, 2.05) is 0 Å². The first-order valence-electron chi connectivity index (χ1n) is 5.66. The molecule has 3 aliphatic rings. The Hall–Kier alpha value is -0.460. The van der Waals surface area contributed by atoms with E-state index in [1.165, 1.54) is 32.1 Å². The zero-order valence-electron chi connectivity index (χ0n) is 8.11. The maximum Gasteiger partial charge on any atom is 0.101 e. The van der Waals surface area contributed by atoms with Crippen LogP contribution in [0.15, 0.2) is 12.8 Å². The van der Waals surface area contributed by atoms with Gasteiger partial charge in [-0.3, -0.25) is 0 Å². The van der Waals surface area contributed by atoms with Gasteiger partial charge in [0, 0.05) is 0 Å². The Morgan fingerprint density at radius 1 is 1.08 bits per heavy atom. The van der Waals surface area contributed by atoms with Crippen molar-refractivity contribution in [3.8, 4) is 0 Å². The maximum absolute atomic E-state index is 5.61. The molecule has 0 heterocycles. The summed E-state index contributed by atoms with van der Waals surface area (Å²) >= 11 is 0. The van der Waals surface area contributed by atoms with E-state index in [4.69, 9.17) is 4.74 Å². The summed E-state index contributed by atoms with van der Waals surface area (Å²) in [7, 11) is 0. The summed E-state index contributed by atoms with van der Waals surface area (Å²) in [6.45, 7) is 3.67. The quantitative estimate of drug-likeness (QED) is 0.591. The van der Waals surface area contributed by atoms with Gasteiger partial charge in [0.2, 0.25) is 0 Å². The predicted octanol–water partition coefficient (Wildman–Crippen LogP) is 2.97. The van der Waals surface area contributed by atoms with Crippen molar-refractivity contribution >= 4 is 0 Å². The Bertz CT molecular complexity index is 223. The monoisotopic (exact) mass is 178 g/mol. The molecule has 3 fully saturated rings. The van der Waals surface area contributed by atoms with Crippen LogP contribution in [0.2, 0.25) is 0 Å². The highest BCUT2D eigenvalue weighted by molar-refractivity contribution is 5.03. The fraction of sp³-hybridized carbons (Fsp3) is 0.833. The third kappa shape index (κ3) is 0.992. The SMILES string of the molecule is C=COC1CC2CC1C1CCCC21. The summed E-state index contributed by atoms with van der Waals surface area (Å²) in [5.41, 5.74) is 0. The summed E-state index contributed by atoms with van der Waals surface area (Å²) in [4.78, 5) is 0. The second kappa shape index (κ2) is 2.76. The predicted molar refractivity (Wildman–Crippen MR) is 52.1 cm³/mol. The van der Waals surface area contributed by atoms with Crippen LogP contribution in [0.3, 0.4) is 0 Å². The van der Waals surface area contributed by atoms with Gasteiger partial charge < -0.3 is 4.74 Å². The molecule has 0 spiro atoms. The second-order valence-electron chi connectivity index (χ2n) is 5.00. The lowest BCUT2D eigenvalue weighted by molar-refractivity contribution is 0.0492. The molecule has 0 aromatic heterocycles. The minimum Gasteiger partial charge on any atom is -0.498 e. The fourth-order valence-corrected chi connectivity index (χ4v) is 4.29. The lowest BCUT2D eigenvalue weighted by atomic mass is 9.80. The first-order chi connectivity index (χ1) is 6.40. The van der Waals surface area contributed by atoms with Gasteiger partial charge >= 0.3 is 0 Å². The van der Waals surface area contributed by atoms with Gasteiger partial charge in [-0.15, -0.1) is 0 Å². The summed E-state index contributed by atoms with van der Waals surface area (Å²) in [6.07, 6.45) is 9.40. The normalized spacial score (nSPS) is 52.2. The van der Waals surface area contributed by atoms with E-state index >= 15 is 0 Å². The third-order valence-electron chi connectivity index (χ3n) is 4.64. The number of ether oxygens (including phenoxy) is 1. The van der Waals surface area contributed by atoms with E-state index in [-0.39, 0.29) is 0 Å². The first kappa shape index (κ1) is 7.90. The molecule has 0 aromatic rings. The maximum atomic E-state index is 5.61. The standard InChI is InChI=1S/C12H18O/c1-2-13-12-7-8-6-11(12)10-5-3-4-9(8)10/h2,8-12H,1,3-7H2. The van der Waals surface area contributed by atoms with E-state index in [1.54, 1.807) is 6.26 Å². The van der Waals surface area contributed by atoms with Gasteiger partial charge in [0.05, 0.1) is 6.26 Å². The van der Waals surface area contributed by atoms with Crippen molar-refractivity contribution in [1.29, 1.82) is 0 Å². The van der Waals surface area contributed by atoms with Crippen LogP contribution >= 0.6 is 0 Å². The van der Waals surface area contributed by atoms with Crippen LogP contribution in [0.25, 0.3) is 0 Å².